The number of nitrogens with zero attached hydrogens (tertiary/aromatic N) is 3. The van der Waals surface area contributed by atoms with E-state index in [2.05, 4.69) is 0 Å². The van der Waals surface area contributed by atoms with Crippen LogP contribution in [-0.4, -0.2) is 89.2 Å². The number of methoxy groups -OCH3 is 1. The summed E-state index contributed by atoms with van der Waals surface area (Å²) in [7, 11) is 5.34. The standard InChI is InChI=1S/C25H33N3O7S/c1-26(2)16-17-35-25(31)27-14-12-20(13-15-27)23(24(29)30)28(36(32)33)21-8-4-18(5-9-21)19-6-10-22(34-3)11-7-19/h4-11,20,23H,12-17H2,1-3H3,(H,29,30)(H,32,33)/p-1. The maximum absolute atomic E-state index is 12.3. The van der Waals surface area contributed by atoms with E-state index in [1.165, 1.54) is 4.90 Å². The monoisotopic (exact) mass is 518 g/mol. The molecule has 0 aliphatic carbocycles. The van der Waals surface area contributed by atoms with Crippen molar-refractivity contribution in [2.24, 2.45) is 5.92 Å². The predicted octanol–water partition coefficient (Wildman–Crippen LogP) is 2.83. The SMILES string of the molecule is COc1ccc(-c2ccc(N(C(C(=O)O)C3CCN(C(=O)OCCN(C)C)CC3)S(=O)[O-])cc2)cc1. The van der Waals surface area contributed by atoms with Gasteiger partial charge in [0.1, 0.15) is 18.4 Å². The second-order valence-corrected chi connectivity index (χ2v) is 9.67. The molecule has 10 nitrogen and oxygen atoms in total. The summed E-state index contributed by atoms with van der Waals surface area (Å²) in [6.45, 7) is 1.46. The van der Waals surface area contributed by atoms with Gasteiger partial charge in [-0.05, 0) is 68.2 Å². The number of anilines is 1. The van der Waals surface area contributed by atoms with Crippen LogP contribution in [0.3, 0.4) is 0 Å². The van der Waals surface area contributed by atoms with E-state index in [1.54, 1.807) is 31.4 Å². The molecule has 196 valence electrons. The summed E-state index contributed by atoms with van der Waals surface area (Å²) < 4.78 is 35.8. The highest BCUT2D eigenvalue weighted by molar-refractivity contribution is 7.80. The number of carboxylic acids is 1. The first kappa shape index (κ1) is 27.4. The van der Waals surface area contributed by atoms with Crippen molar-refractivity contribution in [3.8, 4) is 16.9 Å². The van der Waals surface area contributed by atoms with Crippen molar-refractivity contribution in [1.82, 2.24) is 9.80 Å². The van der Waals surface area contributed by atoms with Crippen molar-refractivity contribution >= 4 is 29.0 Å². The average Bonchev–Trinajstić information content (AvgIpc) is 2.87. The summed E-state index contributed by atoms with van der Waals surface area (Å²) in [6.07, 6.45) is 0.245. The Labute approximate surface area is 213 Å². The van der Waals surface area contributed by atoms with Crippen molar-refractivity contribution in [3.63, 3.8) is 0 Å². The first-order valence-corrected chi connectivity index (χ1v) is 12.7. The fourth-order valence-corrected chi connectivity index (χ4v) is 4.96. The Bertz CT molecular complexity index is 1040. The highest BCUT2D eigenvalue weighted by atomic mass is 32.2. The van der Waals surface area contributed by atoms with E-state index in [0.717, 1.165) is 21.2 Å². The third-order valence-electron chi connectivity index (χ3n) is 6.22. The van der Waals surface area contributed by atoms with Gasteiger partial charge in [0.05, 0.1) is 7.11 Å². The second kappa shape index (κ2) is 12.7. The van der Waals surface area contributed by atoms with Crippen LogP contribution in [0.2, 0.25) is 0 Å². The van der Waals surface area contributed by atoms with E-state index in [1.807, 2.05) is 43.3 Å². The second-order valence-electron chi connectivity index (χ2n) is 8.84. The van der Waals surface area contributed by atoms with Gasteiger partial charge in [0.25, 0.3) is 0 Å². The minimum atomic E-state index is -2.81. The molecular weight excluding hydrogens is 486 g/mol. The number of amides is 1. The molecule has 3 rings (SSSR count). The molecule has 36 heavy (non-hydrogen) atoms. The van der Waals surface area contributed by atoms with Crippen molar-refractivity contribution in [2.45, 2.75) is 18.9 Å². The Morgan fingerprint density at radius 1 is 1.08 bits per heavy atom. The van der Waals surface area contributed by atoms with Gasteiger partial charge in [-0.15, -0.1) is 0 Å². The number of rotatable bonds is 10. The number of hydrogen-bond acceptors (Lipinski definition) is 7. The zero-order chi connectivity index (χ0) is 26.2. The van der Waals surface area contributed by atoms with Gasteiger partial charge in [-0.1, -0.05) is 24.3 Å². The van der Waals surface area contributed by atoms with E-state index in [0.29, 0.717) is 32.5 Å². The number of carboxylic acid groups (broad SMARTS) is 1. The topological polar surface area (TPSA) is 123 Å². The summed E-state index contributed by atoms with van der Waals surface area (Å²) in [6, 6.07) is 12.8. The molecule has 0 aromatic heterocycles. The quantitative estimate of drug-likeness (QED) is 0.477. The summed E-state index contributed by atoms with van der Waals surface area (Å²) in [5, 5.41) is 9.99. The van der Waals surface area contributed by atoms with E-state index in [9.17, 15) is 23.5 Å². The number of carbonyl (C=O) groups excluding carboxylic acids is 1. The molecule has 0 bridgehead atoms. The van der Waals surface area contributed by atoms with Crippen LogP contribution in [0, 0.1) is 5.92 Å². The van der Waals surface area contributed by atoms with Crippen molar-refractivity contribution in [1.29, 1.82) is 0 Å². The summed E-state index contributed by atoms with van der Waals surface area (Å²) in [5.41, 5.74) is 2.03. The molecule has 2 atom stereocenters. The lowest BCUT2D eigenvalue weighted by atomic mass is 9.89. The van der Waals surface area contributed by atoms with Crippen LogP contribution in [0.15, 0.2) is 48.5 Å². The molecule has 1 fully saturated rings. The number of carbonyl (C=O) groups is 2. The number of ether oxygens (including phenoxy) is 2. The van der Waals surface area contributed by atoms with Gasteiger partial charge in [0.15, 0.2) is 0 Å². The molecular formula is C25H32N3O7S-. The van der Waals surface area contributed by atoms with Crippen LogP contribution < -0.4 is 9.04 Å². The summed E-state index contributed by atoms with van der Waals surface area (Å²) in [4.78, 5) is 28.0. The van der Waals surface area contributed by atoms with Crippen molar-refractivity contribution in [3.05, 3.63) is 48.5 Å². The maximum atomic E-state index is 12.3. The van der Waals surface area contributed by atoms with Gasteiger partial charge < -0.3 is 28.9 Å². The first-order chi connectivity index (χ1) is 17.2. The van der Waals surface area contributed by atoms with E-state index in [4.69, 9.17) is 9.47 Å². The van der Waals surface area contributed by atoms with Crippen LogP contribution in [0.1, 0.15) is 12.8 Å². The molecule has 1 saturated heterocycles. The Kier molecular flexibility index (Phi) is 9.68. The van der Waals surface area contributed by atoms with Gasteiger partial charge in [0, 0.05) is 36.6 Å². The van der Waals surface area contributed by atoms with Crippen LogP contribution in [0.5, 0.6) is 5.75 Å². The molecule has 0 radical (unpaired) electrons. The van der Waals surface area contributed by atoms with Crippen LogP contribution >= 0.6 is 0 Å². The fraction of sp³-hybridized carbons (Fsp3) is 0.440. The van der Waals surface area contributed by atoms with Gasteiger partial charge >= 0.3 is 12.1 Å². The molecule has 2 aromatic rings. The van der Waals surface area contributed by atoms with Gasteiger partial charge in [-0.25, -0.2) is 9.59 Å². The smallest absolute Gasteiger partial charge is 0.409 e. The van der Waals surface area contributed by atoms with Crippen LogP contribution in [0.4, 0.5) is 10.5 Å². The lowest BCUT2D eigenvalue weighted by Crippen LogP contribution is -2.51. The number of piperidine rings is 1. The lowest BCUT2D eigenvalue weighted by Gasteiger charge is -2.40. The minimum absolute atomic E-state index is 0.263. The van der Waals surface area contributed by atoms with Gasteiger partial charge in [0.2, 0.25) is 0 Å². The summed E-state index contributed by atoms with van der Waals surface area (Å²) in [5.74, 6) is -0.974. The Morgan fingerprint density at radius 3 is 2.11 bits per heavy atom. The molecule has 1 N–H and O–H groups in total. The highest BCUT2D eigenvalue weighted by Gasteiger charge is 2.38. The Morgan fingerprint density at radius 2 is 1.64 bits per heavy atom. The zero-order valence-electron chi connectivity index (χ0n) is 20.7. The third kappa shape index (κ3) is 6.96. The number of likely N-dealkylation sites (N-methyl/N-ethyl adjacent to an activating group) is 1. The zero-order valence-corrected chi connectivity index (χ0v) is 21.5. The maximum Gasteiger partial charge on any atom is 0.409 e. The molecule has 2 unspecified atom stereocenters. The number of aliphatic carboxylic acids is 1. The first-order valence-electron chi connectivity index (χ1n) is 11.6. The normalized spacial score (nSPS) is 15.9. The van der Waals surface area contributed by atoms with Crippen molar-refractivity contribution < 1.29 is 32.9 Å². The molecule has 1 aliphatic rings. The Balaban J connectivity index is 1.71. The van der Waals surface area contributed by atoms with E-state index in [-0.39, 0.29) is 12.3 Å². The minimum Gasteiger partial charge on any atom is -0.755 e. The lowest BCUT2D eigenvalue weighted by molar-refractivity contribution is -0.140. The van der Waals surface area contributed by atoms with Gasteiger partial charge in [-0.3, -0.25) is 8.51 Å². The Hall–Kier alpha value is -3.15. The molecule has 1 amide bonds. The summed E-state index contributed by atoms with van der Waals surface area (Å²) >= 11 is -2.81. The molecule has 11 heteroatoms. The fourth-order valence-electron chi connectivity index (χ4n) is 4.22. The molecule has 0 spiro atoms. The van der Waals surface area contributed by atoms with Gasteiger partial charge in [-0.2, -0.15) is 0 Å². The average molecular weight is 519 g/mol. The number of hydrogen-bond donors (Lipinski definition) is 1. The van der Waals surface area contributed by atoms with E-state index >= 15 is 0 Å². The van der Waals surface area contributed by atoms with Crippen molar-refractivity contribution in [2.75, 3.05) is 51.8 Å². The predicted molar refractivity (Wildman–Crippen MR) is 135 cm³/mol. The van der Waals surface area contributed by atoms with Crippen LogP contribution in [0.25, 0.3) is 11.1 Å². The molecule has 0 saturated carbocycles. The molecule has 2 aromatic carbocycles. The third-order valence-corrected chi connectivity index (χ3v) is 6.98. The molecule has 1 aliphatic heterocycles. The largest absolute Gasteiger partial charge is 0.755 e. The molecule has 1 heterocycles. The number of likely N-dealkylation sites (tertiary alicyclic amines) is 1. The number of benzene rings is 2. The van der Waals surface area contributed by atoms with Crippen LogP contribution in [-0.2, 0) is 20.8 Å². The van der Waals surface area contributed by atoms with E-state index < -0.39 is 35.3 Å². The highest BCUT2D eigenvalue weighted by Crippen LogP contribution is 2.31.